The largest absolute Gasteiger partial charge is 0.290 e. The van der Waals surface area contributed by atoms with Crippen LogP contribution in [-0.4, -0.2) is 0 Å². The molecule has 0 aliphatic carbocycles. The van der Waals surface area contributed by atoms with Crippen LogP contribution in [0.4, 0.5) is 14.5 Å². The van der Waals surface area contributed by atoms with Crippen LogP contribution < -0.4 is 5.32 Å². The van der Waals surface area contributed by atoms with Crippen molar-refractivity contribution in [3.63, 3.8) is 0 Å². The molecule has 11 heavy (non-hydrogen) atoms. The molecule has 0 atom stereocenters. The lowest BCUT2D eigenvalue weighted by Gasteiger charge is -1.97. The Morgan fingerprint density at radius 2 is 2.09 bits per heavy atom. The summed E-state index contributed by atoms with van der Waals surface area (Å²) in [6.07, 6.45) is 1.53. The highest BCUT2D eigenvalue weighted by atomic mass is 19.1. The number of nitrogens with one attached hydrogen (secondary N) is 1. The average Bonchev–Trinajstić information content (AvgIpc) is 1.95. The molecule has 1 aromatic carbocycles. The van der Waals surface area contributed by atoms with Gasteiger partial charge >= 0.3 is 0 Å². The fourth-order valence-corrected chi connectivity index (χ4v) is 0.651. The van der Waals surface area contributed by atoms with Gasteiger partial charge in [-0.05, 0) is 12.1 Å². The number of rotatable bonds is 1. The van der Waals surface area contributed by atoms with E-state index in [2.05, 4.69) is 5.32 Å². The van der Waals surface area contributed by atoms with E-state index in [0.717, 1.165) is 12.1 Å². The Hall–Kier alpha value is -1.63. The molecule has 0 bridgehead atoms. The molecule has 0 unspecified atom stereocenters. The first kappa shape index (κ1) is 7.48. The Morgan fingerprint density at radius 1 is 1.36 bits per heavy atom. The Kier molecular flexibility index (Phi) is 2.02. The number of hydrogen-bond donors (Lipinski definition) is 1. The minimum Gasteiger partial charge on any atom is -0.290 e. The third kappa shape index (κ3) is 1.64. The van der Waals surface area contributed by atoms with E-state index in [1.165, 1.54) is 6.19 Å². The molecular formula is C7H4F2N2. The van der Waals surface area contributed by atoms with Crippen molar-refractivity contribution in [2.75, 3.05) is 5.32 Å². The lowest BCUT2D eigenvalue weighted by molar-refractivity contribution is 0.586. The summed E-state index contributed by atoms with van der Waals surface area (Å²) in [7, 11) is 0. The van der Waals surface area contributed by atoms with Crippen molar-refractivity contribution in [1.29, 1.82) is 5.26 Å². The highest BCUT2D eigenvalue weighted by molar-refractivity contribution is 5.47. The molecule has 0 radical (unpaired) electrons. The van der Waals surface area contributed by atoms with E-state index >= 15 is 0 Å². The SMILES string of the molecule is N#CNc1ccc(F)cc1F. The number of halogens is 2. The second kappa shape index (κ2) is 2.97. The summed E-state index contributed by atoms with van der Waals surface area (Å²) in [5.41, 5.74) is -0.0195. The second-order valence-corrected chi connectivity index (χ2v) is 1.86. The van der Waals surface area contributed by atoms with Crippen LogP contribution in [0, 0.1) is 23.1 Å². The lowest BCUT2D eigenvalue weighted by atomic mass is 10.3. The van der Waals surface area contributed by atoms with E-state index in [4.69, 9.17) is 5.26 Å². The van der Waals surface area contributed by atoms with Gasteiger partial charge in [-0.2, -0.15) is 5.26 Å². The Labute approximate surface area is 62.1 Å². The van der Waals surface area contributed by atoms with Crippen LogP contribution in [0.25, 0.3) is 0 Å². The molecule has 0 spiro atoms. The van der Waals surface area contributed by atoms with Crippen molar-refractivity contribution in [2.24, 2.45) is 0 Å². The van der Waals surface area contributed by atoms with Crippen molar-refractivity contribution in [3.05, 3.63) is 29.8 Å². The summed E-state index contributed by atoms with van der Waals surface area (Å²) < 4.78 is 24.8. The number of nitriles is 1. The highest BCUT2D eigenvalue weighted by Gasteiger charge is 2.00. The molecule has 0 aromatic heterocycles. The van der Waals surface area contributed by atoms with E-state index in [1.54, 1.807) is 0 Å². The first-order chi connectivity index (χ1) is 5.24. The zero-order valence-electron chi connectivity index (χ0n) is 5.44. The van der Waals surface area contributed by atoms with Crippen LogP contribution in [0.3, 0.4) is 0 Å². The topological polar surface area (TPSA) is 35.8 Å². The molecule has 2 nitrogen and oxygen atoms in total. The van der Waals surface area contributed by atoms with Gasteiger partial charge in [0.05, 0.1) is 5.69 Å². The molecule has 1 aromatic rings. The smallest absolute Gasteiger partial charge is 0.181 e. The van der Waals surface area contributed by atoms with Gasteiger partial charge in [0.2, 0.25) is 0 Å². The zero-order valence-corrected chi connectivity index (χ0v) is 5.44. The summed E-state index contributed by atoms with van der Waals surface area (Å²) in [6.45, 7) is 0. The lowest BCUT2D eigenvalue weighted by Crippen LogP contribution is -1.91. The zero-order chi connectivity index (χ0) is 8.27. The maximum Gasteiger partial charge on any atom is 0.181 e. The number of nitrogens with zero attached hydrogens (tertiary/aromatic N) is 1. The van der Waals surface area contributed by atoms with E-state index in [0.29, 0.717) is 6.07 Å². The molecule has 0 heterocycles. The molecule has 0 aliphatic rings. The Bertz CT molecular complexity index is 304. The van der Waals surface area contributed by atoms with Crippen molar-refractivity contribution in [3.8, 4) is 6.19 Å². The quantitative estimate of drug-likeness (QED) is 0.495. The van der Waals surface area contributed by atoms with Gasteiger partial charge in [-0.25, -0.2) is 8.78 Å². The van der Waals surface area contributed by atoms with Crippen LogP contribution in [0.2, 0.25) is 0 Å². The number of hydrogen-bond acceptors (Lipinski definition) is 2. The van der Waals surface area contributed by atoms with E-state index in [9.17, 15) is 8.78 Å². The fraction of sp³-hybridized carbons (Fsp3) is 0. The summed E-state index contributed by atoms with van der Waals surface area (Å²) in [4.78, 5) is 0. The van der Waals surface area contributed by atoms with Gasteiger partial charge in [0.25, 0.3) is 0 Å². The maximum absolute atomic E-state index is 12.6. The molecule has 0 saturated heterocycles. The molecule has 0 aliphatic heterocycles. The van der Waals surface area contributed by atoms with E-state index in [-0.39, 0.29) is 5.69 Å². The first-order valence-corrected chi connectivity index (χ1v) is 2.84. The monoisotopic (exact) mass is 154 g/mol. The van der Waals surface area contributed by atoms with Crippen LogP contribution in [0.15, 0.2) is 18.2 Å². The molecular weight excluding hydrogens is 150 g/mol. The van der Waals surface area contributed by atoms with Gasteiger partial charge in [-0.3, -0.25) is 5.32 Å². The minimum absolute atomic E-state index is 0.0195. The molecule has 1 N–H and O–H groups in total. The standard InChI is InChI=1S/C7H4F2N2/c8-5-1-2-7(11-4-10)6(9)3-5/h1-3,11H. The summed E-state index contributed by atoms with van der Waals surface area (Å²) in [5, 5.41) is 10.2. The second-order valence-electron chi connectivity index (χ2n) is 1.86. The number of anilines is 1. The molecule has 4 heteroatoms. The fourth-order valence-electron chi connectivity index (χ4n) is 0.651. The van der Waals surface area contributed by atoms with Gasteiger partial charge in [0.1, 0.15) is 11.6 Å². The van der Waals surface area contributed by atoms with Crippen molar-refractivity contribution in [1.82, 2.24) is 0 Å². The van der Waals surface area contributed by atoms with Crippen LogP contribution in [0.1, 0.15) is 0 Å². The van der Waals surface area contributed by atoms with Gasteiger partial charge in [-0.15, -0.1) is 0 Å². The average molecular weight is 154 g/mol. The van der Waals surface area contributed by atoms with E-state index < -0.39 is 11.6 Å². The summed E-state index contributed by atoms with van der Waals surface area (Å²) in [6, 6.07) is 2.94. The van der Waals surface area contributed by atoms with E-state index in [1.807, 2.05) is 0 Å². The van der Waals surface area contributed by atoms with Crippen molar-refractivity contribution in [2.45, 2.75) is 0 Å². The molecule has 1 rings (SSSR count). The number of benzene rings is 1. The summed E-state index contributed by atoms with van der Waals surface area (Å²) in [5.74, 6) is -1.43. The Morgan fingerprint density at radius 3 is 2.64 bits per heavy atom. The van der Waals surface area contributed by atoms with Crippen molar-refractivity contribution >= 4 is 5.69 Å². The third-order valence-corrected chi connectivity index (χ3v) is 1.12. The van der Waals surface area contributed by atoms with Gasteiger partial charge in [0.15, 0.2) is 6.19 Å². The molecule has 0 fully saturated rings. The maximum atomic E-state index is 12.6. The van der Waals surface area contributed by atoms with Gasteiger partial charge in [-0.1, -0.05) is 0 Å². The van der Waals surface area contributed by atoms with Crippen LogP contribution in [0.5, 0.6) is 0 Å². The first-order valence-electron chi connectivity index (χ1n) is 2.84. The predicted molar refractivity (Wildman–Crippen MR) is 35.6 cm³/mol. The Balaban J connectivity index is 3.01. The van der Waals surface area contributed by atoms with Crippen molar-refractivity contribution < 1.29 is 8.78 Å². The minimum atomic E-state index is -0.772. The highest BCUT2D eigenvalue weighted by Crippen LogP contribution is 2.13. The normalized spacial score (nSPS) is 8.82. The summed E-state index contributed by atoms with van der Waals surface area (Å²) >= 11 is 0. The predicted octanol–water partition coefficient (Wildman–Crippen LogP) is 1.86. The van der Waals surface area contributed by atoms with Crippen LogP contribution >= 0.6 is 0 Å². The molecule has 56 valence electrons. The van der Waals surface area contributed by atoms with Crippen LogP contribution in [-0.2, 0) is 0 Å². The van der Waals surface area contributed by atoms with Gasteiger partial charge < -0.3 is 0 Å². The molecule has 0 amide bonds. The molecule has 0 saturated carbocycles. The van der Waals surface area contributed by atoms with Gasteiger partial charge in [0, 0.05) is 6.07 Å². The third-order valence-electron chi connectivity index (χ3n) is 1.12.